The van der Waals surface area contributed by atoms with E-state index < -0.39 is 0 Å². The molecule has 3 rings (SSSR count). The van der Waals surface area contributed by atoms with Crippen molar-refractivity contribution in [1.29, 1.82) is 0 Å². The molecule has 2 nitrogen and oxygen atoms in total. The van der Waals surface area contributed by atoms with Gasteiger partial charge in [0.2, 0.25) is 5.89 Å². The Kier molecular flexibility index (Phi) is 3.88. The summed E-state index contributed by atoms with van der Waals surface area (Å²) in [4.78, 5) is 5.59. The molecule has 0 aliphatic carbocycles. The van der Waals surface area contributed by atoms with Crippen molar-refractivity contribution in [3.05, 3.63) is 72.1 Å². The fourth-order valence-electron chi connectivity index (χ4n) is 1.88. The standard InChI is InChI=1S/C17H15NOS/c1-13-7-9-14(10-8-13)17-18-11-15(19-17)12-20-16-5-3-2-4-6-16/h2-11H,12H2,1H3. The fraction of sp³-hybridized carbons (Fsp3) is 0.118. The fourth-order valence-corrected chi connectivity index (χ4v) is 2.67. The van der Waals surface area contributed by atoms with Crippen molar-refractivity contribution in [3.8, 4) is 11.5 Å². The lowest BCUT2D eigenvalue weighted by atomic mass is 10.1. The minimum atomic E-state index is 0.689. The van der Waals surface area contributed by atoms with E-state index in [1.54, 1.807) is 11.8 Å². The molecule has 0 saturated carbocycles. The highest BCUT2D eigenvalue weighted by Gasteiger charge is 2.06. The molecule has 0 amide bonds. The van der Waals surface area contributed by atoms with Gasteiger partial charge in [0.15, 0.2) is 0 Å². The average molecular weight is 281 g/mol. The van der Waals surface area contributed by atoms with Gasteiger partial charge in [0.1, 0.15) is 5.76 Å². The molecule has 3 aromatic rings. The third-order valence-electron chi connectivity index (χ3n) is 2.98. The second kappa shape index (κ2) is 5.97. The topological polar surface area (TPSA) is 26.0 Å². The van der Waals surface area contributed by atoms with E-state index in [0.29, 0.717) is 5.89 Å². The second-order valence-electron chi connectivity index (χ2n) is 4.60. The lowest BCUT2D eigenvalue weighted by Gasteiger charge is -1.98. The monoisotopic (exact) mass is 281 g/mol. The van der Waals surface area contributed by atoms with E-state index in [4.69, 9.17) is 4.42 Å². The summed E-state index contributed by atoms with van der Waals surface area (Å²) in [7, 11) is 0. The van der Waals surface area contributed by atoms with Crippen LogP contribution in [0.2, 0.25) is 0 Å². The minimum absolute atomic E-state index is 0.689. The predicted molar refractivity (Wildman–Crippen MR) is 82.7 cm³/mol. The maximum atomic E-state index is 5.80. The molecule has 0 N–H and O–H groups in total. The van der Waals surface area contributed by atoms with Crippen molar-refractivity contribution in [2.75, 3.05) is 0 Å². The Morgan fingerprint density at radius 1 is 1.00 bits per heavy atom. The third kappa shape index (κ3) is 3.11. The predicted octanol–water partition coefficient (Wildman–Crippen LogP) is 4.94. The molecule has 1 aromatic heterocycles. The number of oxazole rings is 1. The molecule has 0 saturated heterocycles. The Hall–Kier alpha value is -2.00. The Labute approximate surface area is 122 Å². The van der Waals surface area contributed by atoms with Crippen LogP contribution in [0.4, 0.5) is 0 Å². The largest absolute Gasteiger partial charge is 0.440 e. The quantitative estimate of drug-likeness (QED) is 0.633. The number of hydrogen-bond donors (Lipinski definition) is 0. The maximum absolute atomic E-state index is 5.80. The van der Waals surface area contributed by atoms with E-state index in [2.05, 4.69) is 36.2 Å². The van der Waals surface area contributed by atoms with Crippen LogP contribution < -0.4 is 0 Å². The molecule has 3 heteroatoms. The van der Waals surface area contributed by atoms with Gasteiger partial charge in [-0.3, -0.25) is 0 Å². The second-order valence-corrected chi connectivity index (χ2v) is 5.65. The summed E-state index contributed by atoms with van der Waals surface area (Å²) in [6, 6.07) is 18.5. The van der Waals surface area contributed by atoms with E-state index in [9.17, 15) is 0 Å². The molecular weight excluding hydrogens is 266 g/mol. The smallest absolute Gasteiger partial charge is 0.226 e. The number of nitrogens with zero attached hydrogens (tertiary/aromatic N) is 1. The van der Waals surface area contributed by atoms with Crippen LogP contribution in [0, 0.1) is 6.92 Å². The Morgan fingerprint density at radius 3 is 2.50 bits per heavy atom. The van der Waals surface area contributed by atoms with Gasteiger partial charge in [0.05, 0.1) is 11.9 Å². The van der Waals surface area contributed by atoms with Crippen LogP contribution in [-0.4, -0.2) is 4.98 Å². The highest BCUT2D eigenvalue weighted by Crippen LogP contribution is 2.25. The molecule has 0 radical (unpaired) electrons. The number of hydrogen-bond acceptors (Lipinski definition) is 3. The van der Waals surface area contributed by atoms with E-state index in [-0.39, 0.29) is 0 Å². The first-order valence-corrected chi connectivity index (χ1v) is 7.49. The zero-order valence-corrected chi connectivity index (χ0v) is 12.1. The van der Waals surface area contributed by atoms with Crippen LogP contribution in [0.5, 0.6) is 0 Å². The summed E-state index contributed by atoms with van der Waals surface area (Å²) in [6.07, 6.45) is 1.81. The number of aromatic nitrogens is 1. The minimum Gasteiger partial charge on any atom is -0.440 e. The molecule has 0 spiro atoms. The molecular formula is C17H15NOS. The first-order valence-electron chi connectivity index (χ1n) is 6.51. The lowest BCUT2D eigenvalue weighted by molar-refractivity contribution is 0.538. The summed E-state index contributed by atoms with van der Waals surface area (Å²) < 4.78 is 5.80. The van der Waals surface area contributed by atoms with Gasteiger partial charge in [-0.25, -0.2) is 4.98 Å². The Morgan fingerprint density at radius 2 is 1.75 bits per heavy atom. The molecule has 0 unspecified atom stereocenters. The third-order valence-corrected chi connectivity index (χ3v) is 4.01. The Bertz CT molecular complexity index is 674. The van der Waals surface area contributed by atoms with Gasteiger partial charge in [0.25, 0.3) is 0 Å². The molecule has 20 heavy (non-hydrogen) atoms. The summed E-state index contributed by atoms with van der Waals surface area (Å²) in [5, 5.41) is 0. The van der Waals surface area contributed by atoms with Gasteiger partial charge in [-0.05, 0) is 31.2 Å². The van der Waals surface area contributed by atoms with Crippen molar-refractivity contribution < 1.29 is 4.42 Å². The van der Waals surface area contributed by atoms with Gasteiger partial charge in [-0.2, -0.15) is 0 Å². The SMILES string of the molecule is Cc1ccc(-c2ncc(CSc3ccccc3)o2)cc1. The average Bonchev–Trinajstić information content (AvgIpc) is 2.96. The van der Waals surface area contributed by atoms with Crippen LogP contribution in [0.25, 0.3) is 11.5 Å². The summed E-state index contributed by atoms with van der Waals surface area (Å²) in [5.41, 5.74) is 2.26. The molecule has 100 valence electrons. The lowest BCUT2D eigenvalue weighted by Crippen LogP contribution is -1.77. The zero-order valence-electron chi connectivity index (χ0n) is 11.2. The van der Waals surface area contributed by atoms with Crippen LogP contribution in [-0.2, 0) is 5.75 Å². The normalized spacial score (nSPS) is 10.7. The maximum Gasteiger partial charge on any atom is 0.226 e. The van der Waals surface area contributed by atoms with Gasteiger partial charge < -0.3 is 4.42 Å². The highest BCUT2D eigenvalue weighted by atomic mass is 32.2. The molecule has 0 aliphatic heterocycles. The Balaban J connectivity index is 1.69. The van der Waals surface area contributed by atoms with E-state index in [0.717, 1.165) is 17.1 Å². The molecule has 2 aromatic carbocycles. The van der Waals surface area contributed by atoms with E-state index >= 15 is 0 Å². The molecule has 0 bridgehead atoms. The van der Waals surface area contributed by atoms with Crippen LogP contribution in [0.3, 0.4) is 0 Å². The molecule has 1 heterocycles. The van der Waals surface area contributed by atoms with Crippen molar-refractivity contribution in [2.45, 2.75) is 17.6 Å². The van der Waals surface area contributed by atoms with E-state index in [1.165, 1.54) is 10.5 Å². The zero-order chi connectivity index (χ0) is 13.8. The number of thioether (sulfide) groups is 1. The van der Waals surface area contributed by atoms with Gasteiger partial charge in [0, 0.05) is 10.5 Å². The first-order chi connectivity index (χ1) is 9.81. The van der Waals surface area contributed by atoms with Crippen LogP contribution >= 0.6 is 11.8 Å². The summed E-state index contributed by atoms with van der Waals surface area (Å²) in [6.45, 7) is 2.07. The number of rotatable bonds is 4. The number of aryl methyl sites for hydroxylation is 1. The first kappa shape index (κ1) is 13.0. The van der Waals surface area contributed by atoms with Crippen LogP contribution in [0.1, 0.15) is 11.3 Å². The summed E-state index contributed by atoms with van der Waals surface area (Å²) >= 11 is 1.75. The van der Waals surface area contributed by atoms with Crippen molar-refractivity contribution in [2.24, 2.45) is 0 Å². The van der Waals surface area contributed by atoms with E-state index in [1.807, 2.05) is 36.5 Å². The van der Waals surface area contributed by atoms with Crippen molar-refractivity contribution in [3.63, 3.8) is 0 Å². The van der Waals surface area contributed by atoms with Crippen molar-refractivity contribution in [1.82, 2.24) is 4.98 Å². The van der Waals surface area contributed by atoms with Crippen LogP contribution in [0.15, 0.2) is 70.1 Å². The molecule has 0 fully saturated rings. The highest BCUT2D eigenvalue weighted by molar-refractivity contribution is 7.98. The molecule has 0 aliphatic rings. The molecule has 0 atom stereocenters. The van der Waals surface area contributed by atoms with Gasteiger partial charge in [-0.1, -0.05) is 35.9 Å². The van der Waals surface area contributed by atoms with Crippen molar-refractivity contribution >= 4 is 11.8 Å². The van der Waals surface area contributed by atoms with Gasteiger partial charge in [-0.15, -0.1) is 11.8 Å². The van der Waals surface area contributed by atoms with Gasteiger partial charge >= 0.3 is 0 Å². The summed E-state index contributed by atoms with van der Waals surface area (Å²) in [5.74, 6) is 2.38. The number of benzene rings is 2.